The molecule has 0 radical (unpaired) electrons. The monoisotopic (exact) mass is 891 g/mol. The summed E-state index contributed by atoms with van der Waals surface area (Å²) in [5, 5.41) is 4.27. The van der Waals surface area contributed by atoms with Gasteiger partial charge in [-0.05, 0) is 134 Å². The lowest BCUT2D eigenvalue weighted by atomic mass is 9.85. The molecule has 6 heteroatoms. The van der Waals surface area contributed by atoms with Crippen molar-refractivity contribution in [3.05, 3.63) is 172 Å². The SMILES string of the molecule is [C-]#[N+]c1cccc(-n2c3ccc(C(C)(C)C)cc3c3cc(C(C)(C)C)ccc32)c1-c1c(-c2c(C)cccc2C(F)(F)F)cccc1-n1c2ccc(C(C)(C)C)cc2c2cc(C(C)(C)C)ccc21. The van der Waals surface area contributed by atoms with Crippen LogP contribution in [0.25, 0.3) is 82.1 Å². The van der Waals surface area contributed by atoms with Crippen molar-refractivity contribution in [2.24, 2.45) is 0 Å². The third-order valence-corrected chi connectivity index (χ3v) is 13.8. The summed E-state index contributed by atoms with van der Waals surface area (Å²) in [4.78, 5) is 4.23. The maximum atomic E-state index is 15.5. The fourth-order valence-electron chi connectivity index (χ4n) is 9.95. The van der Waals surface area contributed by atoms with Gasteiger partial charge in [-0.1, -0.05) is 144 Å². The van der Waals surface area contributed by atoms with Crippen LogP contribution in [-0.2, 0) is 27.8 Å². The topological polar surface area (TPSA) is 14.2 Å². The highest BCUT2D eigenvalue weighted by Crippen LogP contribution is 2.51. The zero-order valence-electron chi connectivity index (χ0n) is 41.1. The van der Waals surface area contributed by atoms with Crippen molar-refractivity contribution in [2.45, 2.75) is 118 Å². The third-order valence-electron chi connectivity index (χ3n) is 13.8. The van der Waals surface area contributed by atoms with E-state index >= 15 is 13.2 Å². The summed E-state index contributed by atoms with van der Waals surface area (Å²) in [5.74, 6) is 0. The van der Waals surface area contributed by atoms with E-state index in [2.05, 4.69) is 170 Å². The van der Waals surface area contributed by atoms with Gasteiger partial charge < -0.3 is 9.13 Å². The standard InChI is InChI=1S/C61H60F3N3/c1-36-18-15-20-46(61(62,63)64)54(36)41-19-16-22-52(66-48-28-24-37(57(2,3)4)32-42(48)43-33-38(58(5,6)7)25-29-49(43)66)55(41)56-47(65-14)21-17-23-53(56)67-50-30-26-39(59(8,9)10)34-44(50)45-35-40(60(11,12)13)27-31-51(45)67/h15-35H,1-13H3. The Morgan fingerprint density at radius 1 is 0.418 bits per heavy atom. The van der Waals surface area contributed by atoms with Crippen LogP contribution in [0.5, 0.6) is 0 Å². The van der Waals surface area contributed by atoms with Crippen molar-refractivity contribution in [3.63, 3.8) is 0 Å². The zero-order chi connectivity index (χ0) is 48.3. The van der Waals surface area contributed by atoms with Gasteiger partial charge in [0.15, 0.2) is 5.69 Å². The quantitative estimate of drug-likeness (QED) is 0.156. The van der Waals surface area contributed by atoms with Crippen molar-refractivity contribution in [1.29, 1.82) is 0 Å². The Morgan fingerprint density at radius 2 is 0.776 bits per heavy atom. The highest BCUT2D eigenvalue weighted by atomic mass is 19.4. The lowest BCUT2D eigenvalue weighted by Crippen LogP contribution is -2.11. The van der Waals surface area contributed by atoms with E-state index in [1.54, 1.807) is 25.1 Å². The van der Waals surface area contributed by atoms with Crippen LogP contribution < -0.4 is 0 Å². The van der Waals surface area contributed by atoms with Crippen molar-refractivity contribution in [3.8, 4) is 33.6 Å². The number of aromatic nitrogens is 2. The summed E-state index contributed by atoms with van der Waals surface area (Å²) in [7, 11) is 0. The van der Waals surface area contributed by atoms with Crippen LogP contribution in [0.4, 0.5) is 18.9 Å². The van der Waals surface area contributed by atoms with Gasteiger partial charge in [-0.15, -0.1) is 0 Å². The molecule has 2 heterocycles. The van der Waals surface area contributed by atoms with Crippen LogP contribution in [0.15, 0.2) is 127 Å². The van der Waals surface area contributed by atoms with E-state index in [0.29, 0.717) is 39.3 Å². The zero-order valence-corrected chi connectivity index (χ0v) is 41.1. The number of hydrogen-bond acceptors (Lipinski definition) is 0. The van der Waals surface area contributed by atoms with Gasteiger partial charge in [0, 0.05) is 38.4 Å². The van der Waals surface area contributed by atoms with Crippen LogP contribution in [0.3, 0.4) is 0 Å². The van der Waals surface area contributed by atoms with E-state index in [1.807, 2.05) is 24.3 Å². The maximum absolute atomic E-state index is 15.5. The summed E-state index contributed by atoms with van der Waals surface area (Å²) in [6.45, 7) is 37.1. The number of hydrogen-bond donors (Lipinski definition) is 0. The first-order valence-electron chi connectivity index (χ1n) is 23.3. The Kier molecular flexibility index (Phi) is 10.5. The van der Waals surface area contributed by atoms with Gasteiger partial charge >= 0.3 is 6.18 Å². The first-order chi connectivity index (χ1) is 31.3. The van der Waals surface area contributed by atoms with Crippen LogP contribution in [-0.4, -0.2) is 9.13 Å². The first-order valence-corrected chi connectivity index (χ1v) is 23.3. The molecule has 9 rings (SSSR count). The first kappa shape index (κ1) is 45.6. The summed E-state index contributed by atoms with van der Waals surface area (Å²) in [5.41, 5.74) is 11.1. The van der Waals surface area contributed by atoms with Gasteiger partial charge in [0.05, 0.1) is 39.9 Å². The Labute approximate surface area is 393 Å². The summed E-state index contributed by atoms with van der Waals surface area (Å²) >= 11 is 0. The number of alkyl halides is 3. The lowest BCUT2D eigenvalue weighted by Gasteiger charge is -2.25. The number of nitrogens with zero attached hydrogens (tertiary/aromatic N) is 3. The molecule has 0 N–H and O–H groups in total. The van der Waals surface area contributed by atoms with Gasteiger partial charge in [0.1, 0.15) is 0 Å². The molecule has 67 heavy (non-hydrogen) atoms. The van der Waals surface area contributed by atoms with E-state index in [1.165, 1.54) is 34.4 Å². The highest BCUT2D eigenvalue weighted by molar-refractivity contribution is 6.13. The molecule has 0 amide bonds. The predicted octanol–water partition coefficient (Wildman–Crippen LogP) is 18.3. The van der Waals surface area contributed by atoms with Crippen molar-refractivity contribution < 1.29 is 13.2 Å². The minimum absolute atomic E-state index is 0.0928. The maximum Gasteiger partial charge on any atom is 0.417 e. The molecule has 0 aliphatic carbocycles. The number of aryl methyl sites for hydroxylation is 1. The van der Waals surface area contributed by atoms with E-state index < -0.39 is 11.7 Å². The molecule has 0 spiro atoms. The Balaban J connectivity index is 1.50. The fourth-order valence-corrected chi connectivity index (χ4v) is 9.95. The minimum atomic E-state index is -4.65. The molecule has 340 valence electrons. The average Bonchev–Trinajstić information content (AvgIpc) is 3.75. The van der Waals surface area contributed by atoms with Gasteiger partial charge in [-0.3, -0.25) is 0 Å². The van der Waals surface area contributed by atoms with E-state index in [-0.39, 0.29) is 27.2 Å². The molecule has 2 aromatic heterocycles. The molecule has 0 atom stereocenters. The number of rotatable bonds is 4. The summed E-state index contributed by atoms with van der Waals surface area (Å²) in [6, 6.07) is 42.3. The minimum Gasteiger partial charge on any atom is -0.310 e. The van der Waals surface area contributed by atoms with E-state index in [9.17, 15) is 0 Å². The van der Waals surface area contributed by atoms with Crippen LogP contribution >= 0.6 is 0 Å². The molecule has 0 saturated carbocycles. The van der Waals surface area contributed by atoms with E-state index in [0.717, 1.165) is 43.6 Å². The average molecular weight is 892 g/mol. The molecule has 9 aromatic rings. The molecule has 0 unspecified atom stereocenters. The van der Waals surface area contributed by atoms with Crippen molar-refractivity contribution in [2.75, 3.05) is 0 Å². The normalized spacial score (nSPS) is 13.1. The Bertz CT molecular complexity index is 3360. The molecule has 0 fully saturated rings. The summed E-state index contributed by atoms with van der Waals surface area (Å²) in [6.07, 6.45) is -4.65. The molecule has 0 saturated heterocycles. The number of fused-ring (bicyclic) bond motifs is 6. The Hall–Kier alpha value is -6.58. The van der Waals surface area contributed by atoms with Crippen LogP contribution in [0.2, 0.25) is 0 Å². The highest BCUT2D eigenvalue weighted by Gasteiger charge is 2.36. The van der Waals surface area contributed by atoms with Gasteiger partial charge in [-0.25, -0.2) is 4.85 Å². The molecular formula is C61H60F3N3. The van der Waals surface area contributed by atoms with Crippen molar-refractivity contribution in [1.82, 2.24) is 9.13 Å². The number of halogens is 3. The second-order valence-electron chi connectivity index (χ2n) is 22.6. The van der Waals surface area contributed by atoms with Crippen LogP contribution in [0, 0.1) is 13.5 Å². The Morgan fingerprint density at radius 3 is 1.13 bits per heavy atom. The largest absolute Gasteiger partial charge is 0.417 e. The molecule has 3 nitrogen and oxygen atoms in total. The lowest BCUT2D eigenvalue weighted by molar-refractivity contribution is -0.137. The molecule has 7 aromatic carbocycles. The van der Waals surface area contributed by atoms with Gasteiger partial charge in [0.25, 0.3) is 0 Å². The van der Waals surface area contributed by atoms with Gasteiger partial charge in [-0.2, -0.15) is 13.2 Å². The second-order valence-corrected chi connectivity index (χ2v) is 22.6. The molecule has 0 aliphatic rings. The van der Waals surface area contributed by atoms with Crippen molar-refractivity contribution >= 4 is 49.3 Å². The van der Waals surface area contributed by atoms with Gasteiger partial charge in [0.2, 0.25) is 0 Å². The fraction of sp³-hybridized carbons (Fsp3) is 0.295. The van der Waals surface area contributed by atoms with Crippen LogP contribution in [0.1, 0.15) is 116 Å². The summed E-state index contributed by atoms with van der Waals surface area (Å²) < 4.78 is 50.9. The molecule has 0 aliphatic heterocycles. The number of benzene rings is 7. The predicted molar refractivity (Wildman–Crippen MR) is 277 cm³/mol. The van der Waals surface area contributed by atoms with E-state index in [4.69, 9.17) is 6.57 Å². The smallest absolute Gasteiger partial charge is 0.310 e. The molecule has 0 bridgehead atoms. The molecular weight excluding hydrogens is 832 g/mol. The second kappa shape index (κ2) is 15.5. The third kappa shape index (κ3) is 7.71.